The first-order valence-corrected chi connectivity index (χ1v) is 7.82. The lowest BCUT2D eigenvalue weighted by molar-refractivity contribution is -0.232. The van der Waals surface area contributed by atoms with Gasteiger partial charge in [0.05, 0.1) is 33.0 Å². The minimum absolute atomic E-state index is 0.126. The molecule has 140 valence electrons. The van der Waals surface area contributed by atoms with Crippen molar-refractivity contribution in [1.29, 1.82) is 0 Å². The van der Waals surface area contributed by atoms with Crippen molar-refractivity contribution in [3.05, 3.63) is 29.3 Å². The van der Waals surface area contributed by atoms with E-state index in [0.717, 1.165) is 0 Å². The Bertz CT molecular complexity index is 575. The zero-order valence-corrected chi connectivity index (χ0v) is 14.1. The first kappa shape index (κ1) is 19.6. The highest BCUT2D eigenvalue weighted by atomic mass is 16.5. The molecule has 1 fully saturated rings. The minimum Gasteiger partial charge on any atom is -0.496 e. The zero-order chi connectivity index (χ0) is 18.6. The van der Waals surface area contributed by atoms with Crippen molar-refractivity contribution in [3.8, 4) is 11.5 Å². The second kappa shape index (κ2) is 8.61. The minimum atomic E-state index is -1.50. The first-order valence-electron chi connectivity index (χ1n) is 7.82. The molecule has 0 unspecified atom stereocenters. The second-order valence-electron chi connectivity index (χ2n) is 5.67. The van der Waals surface area contributed by atoms with Gasteiger partial charge in [0.2, 0.25) is 0 Å². The van der Waals surface area contributed by atoms with Crippen LogP contribution in [-0.2, 0) is 4.74 Å². The van der Waals surface area contributed by atoms with E-state index in [2.05, 4.69) is 0 Å². The Kier molecular flexibility index (Phi) is 6.77. The van der Waals surface area contributed by atoms with Crippen LogP contribution in [0.4, 0.5) is 0 Å². The van der Waals surface area contributed by atoms with E-state index in [0.29, 0.717) is 22.6 Å². The van der Waals surface area contributed by atoms with Gasteiger partial charge in [0, 0.05) is 0 Å². The number of rotatable bonds is 6. The lowest BCUT2D eigenvalue weighted by atomic mass is 9.90. The molecule has 8 heteroatoms. The third-order valence-electron chi connectivity index (χ3n) is 4.16. The molecule has 1 saturated heterocycles. The summed E-state index contributed by atoms with van der Waals surface area (Å²) in [6.45, 7) is -0.650. The van der Waals surface area contributed by atoms with Gasteiger partial charge in [-0.25, -0.2) is 0 Å². The SMILES string of the molecule is COc1cc(/C=C/CO)cc(OC)c1[C@@H]1O[C@H](CO)[C@@H](O)[C@H](O)[C@H]1O. The van der Waals surface area contributed by atoms with Gasteiger partial charge in [-0.2, -0.15) is 0 Å². The Morgan fingerprint density at radius 2 is 1.60 bits per heavy atom. The van der Waals surface area contributed by atoms with Crippen molar-refractivity contribution < 1.29 is 39.7 Å². The molecule has 8 nitrogen and oxygen atoms in total. The monoisotopic (exact) mass is 356 g/mol. The van der Waals surface area contributed by atoms with Gasteiger partial charge in [-0.15, -0.1) is 0 Å². The lowest BCUT2D eigenvalue weighted by Crippen LogP contribution is -2.55. The maximum Gasteiger partial charge on any atom is 0.129 e. The number of benzene rings is 1. The maximum atomic E-state index is 10.4. The van der Waals surface area contributed by atoms with Crippen LogP contribution in [0.25, 0.3) is 6.08 Å². The number of hydrogen-bond acceptors (Lipinski definition) is 8. The molecule has 1 heterocycles. The molecule has 25 heavy (non-hydrogen) atoms. The van der Waals surface area contributed by atoms with Crippen LogP contribution in [0.3, 0.4) is 0 Å². The number of aliphatic hydroxyl groups is 5. The largest absolute Gasteiger partial charge is 0.496 e. The fourth-order valence-electron chi connectivity index (χ4n) is 2.86. The lowest BCUT2D eigenvalue weighted by Gasteiger charge is -2.40. The average Bonchev–Trinajstić information content (AvgIpc) is 2.64. The topological polar surface area (TPSA) is 129 Å². The van der Waals surface area contributed by atoms with Crippen molar-refractivity contribution in [2.45, 2.75) is 30.5 Å². The van der Waals surface area contributed by atoms with Gasteiger partial charge in [-0.1, -0.05) is 12.2 Å². The normalized spacial score (nSPS) is 29.8. The predicted molar refractivity (Wildman–Crippen MR) is 88.4 cm³/mol. The van der Waals surface area contributed by atoms with Gasteiger partial charge in [-0.05, 0) is 17.7 Å². The molecule has 5 atom stereocenters. The van der Waals surface area contributed by atoms with Gasteiger partial charge >= 0.3 is 0 Å². The Morgan fingerprint density at radius 1 is 1.00 bits per heavy atom. The van der Waals surface area contributed by atoms with Crippen molar-refractivity contribution in [2.75, 3.05) is 27.4 Å². The van der Waals surface area contributed by atoms with Crippen molar-refractivity contribution in [3.63, 3.8) is 0 Å². The standard InChI is InChI=1S/C17H24O8/c1-23-10-6-9(4-3-5-18)7-11(24-2)13(10)17-16(22)15(21)14(20)12(8-19)25-17/h3-4,6-7,12,14-22H,5,8H2,1-2H3/b4-3+/t12-,14-,15+,16-,17+/m1/s1. The molecule has 2 rings (SSSR count). The molecule has 0 radical (unpaired) electrons. The van der Waals surface area contributed by atoms with Crippen LogP contribution in [0.1, 0.15) is 17.2 Å². The van der Waals surface area contributed by atoms with Crippen LogP contribution in [0, 0.1) is 0 Å². The summed E-state index contributed by atoms with van der Waals surface area (Å²) < 4.78 is 16.3. The number of hydrogen-bond donors (Lipinski definition) is 5. The predicted octanol–water partition coefficient (Wildman–Crippen LogP) is -0.776. The summed E-state index contributed by atoms with van der Waals surface area (Å²) in [5.74, 6) is 0.669. The van der Waals surface area contributed by atoms with Crippen molar-refractivity contribution in [1.82, 2.24) is 0 Å². The summed E-state index contributed by atoms with van der Waals surface area (Å²) in [5, 5.41) is 48.6. The Labute approximate surface area is 145 Å². The summed E-state index contributed by atoms with van der Waals surface area (Å²) in [6.07, 6.45) is -3.29. The molecule has 0 bridgehead atoms. The molecule has 0 spiro atoms. The molecule has 0 amide bonds. The zero-order valence-electron chi connectivity index (χ0n) is 14.1. The number of aliphatic hydroxyl groups excluding tert-OH is 5. The van der Waals surface area contributed by atoms with Crippen LogP contribution < -0.4 is 9.47 Å². The van der Waals surface area contributed by atoms with E-state index in [-0.39, 0.29) is 6.61 Å². The molecule has 1 aromatic rings. The smallest absolute Gasteiger partial charge is 0.129 e. The van der Waals surface area contributed by atoms with E-state index in [1.807, 2.05) is 0 Å². The molecule has 1 aromatic carbocycles. The molecule has 1 aliphatic heterocycles. The molecule has 0 aliphatic carbocycles. The first-order chi connectivity index (χ1) is 12.0. The number of methoxy groups -OCH3 is 2. The van der Waals surface area contributed by atoms with Crippen LogP contribution in [0.15, 0.2) is 18.2 Å². The molecule has 0 saturated carbocycles. The molecule has 0 aromatic heterocycles. The summed E-state index contributed by atoms with van der Waals surface area (Å²) in [4.78, 5) is 0. The Morgan fingerprint density at radius 3 is 2.08 bits per heavy atom. The highest BCUT2D eigenvalue weighted by molar-refractivity contribution is 5.60. The Balaban J connectivity index is 2.50. The molecule has 5 N–H and O–H groups in total. The summed E-state index contributed by atoms with van der Waals surface area (Å²) in [6, 6.07) is 3.32. The van der Waals surface area contributed by atoms with E-state index in [9.17, 15) is 20.4 Å². The third-order valence-corrected chi connectivity index (χ3v) is 4.16. The van der Waals surface area contributed by atoms with E-state index >= 15 is 0 Å². The van der Waals surface area contributed by atoms with Crippen LogP contribution in [0.5, 0.6) is 11.5 Å². The average molecular weight is 356 g/mol. The van der Waals surface area contributed by atoms with Crippen molar-refractivity contribution in [2.24, 2.45) is 0 Å². The summed E-state index contributed by atoms with van der Waals surface area (Å²) >= 11 is 0. The van der Waals surface area contributed by atoms with E-state index in [4.69, 9.17) is 19.3 Å². The van der Waals surface area contributed by atoms with Gasteiger partial charge in [0.1, 0.15) is 42.0 Å². The summed E-state index contributed by atoms with van der Waals surface area (Å²) in [7, 11) is 2.86. The van der Waals surface area contributed by atoms with Gasteiger partial charge in [-0.3, -0.25) is 0 Å². The highest BCUT2D eigenvalue weighted by Crippen LogP contribution is 2.43. The molecular formula is C17H24O8. The van der Waals surface area contributed by atoms with Crippen LogP contribution in [0.2, 0.25) is 0 Å². The second-order valence-corrected chi connectivity index (χ2v) is 5.67. The van der Waals surface area contributed by atoms with Gasteiger partial charge in [0.25, 0.3) is 0 Å². The van der Waals surface area contributed by atoms with E-state index < -0.39 is 37.1 Å². The Hall–Kier alpha value is -1.68. The molecular weight excluding hydrogens is 332 g/mol. The summed E-state index contributed by atoms with van der Waals surface area (Å²) in [5.41, 5.74) is 1.04. The highest BCUT2D eigenvalue weighted by Gasteiger charge is 2.45. The maximum absolute atomic E-state index is 10.4. The molecule has 1 aliphatic rings. The fourth-order valence-corrected chi connectivity index (χ4v) is 2.86. The van der Waals surface area contributed by atoms with Crippen molar-refractivity contribution >= 4 is 6.08 Å². The quantitative estimate of drug-likeness (QED) is 0.449. The van der Waals surface area contributed by atoms with E-state index in [1.54, 1.807) is 24.3 Å². The number of ether oxygens (including phenoxy) is 3. The fraction of sp³-hybridized carbons (Fsp3) is 0.529. The van der Waals surface area contributed by atoms with Gasteiger partial charge < -0.3 is 39.7 Å². The van der Waals surface area contributed by atoms with Gasteiger partial charge in [0.15, 0.2) is 0 Å². The third kappa shape index (κ3) is 3.95. The van der Waals surface area contributed by atoms with E-state index in [1.165, 1.54) is 14.2 Å². The van der Waals surface area contributed by atoms with Crippen LogP contribution >= 0.6 is 0 Å². The van der Waals surface area contributed by atoms with Crippen LogP contribution in [-0.4, -0.2) is 77.4 Å².